The highest BCUT2D eigenvalue weighted by molar-refractivity contribution is 7.99. The Morgan fingerprint density at radius 3 is 2.56 bits per heavy atom. The van der Waals surface area contributed by atoms with E-state index in [1.54, 1.807) is 4.57 Å². The minimum atomic E-state index is -0.159. The van der Waals surface area contributed by atoms with Gasteiger partial charge in [-0.05, 0) is 49.8 Å². The fraction of sp³-hybridized carbons (Fsp3) is 0.320. The Bertz CT molecular complexity index is 1320. The standard InChI is InChI=1S/C25H26N4O2S/c26-17-12-10-16(11-13-17)14-19(30)15-32-25-28-22-20-8-4-5-9-21(20)27-23(22)24(31)29(25)18-6-2-1-3-7-18/h1-9,16-17,27H,10-15,26H2. The summed E-state index contributed by atoms with van der Waals surface area (Å²) >= 11 is 1.34. The van der Waals surface area contributed by atoms with Crippen LogP contribution in [-0.4, -0.2) is 32.1 Å². The van der Waals surface area contributed by atoms with Gasteiger partial charge in [0.25, 0.3) is 5.56 Å². The third-order valence-electron chi connectivity index (χ3n) is 6.28. The van der Waals surface area contributed by atoms with E-state index in [4.69, 9.17) is 10.7 Å². The Labute approximate surface area is 190 Å². The molecule has 0 bridgehead atoms. The van der Waals surface area contributed by atoms with Crippen molar-refractivity contribution in [3.05, 3.63) is 65.0 Å². The molecule has 2 aromatic heterocycles. The van der Waals surface area contributed by atoms with Crippen LogP contribution in [0.2, 0.25) is 0 Å². The van der Waals surface area contributed by atoms with E-state index in [0.29, 0.717) is 34.3 Å². The molecule has 4 aromatic rings. The van der Waals surface area contributed by atoms with Crippen LogP contribution in [-0.2, 0) is 4.79 Å². The summed E-state index contributed by atoms with van der Waals surface area (Å²) in [4.78, 5) is 34.3. The van der Waals surface area contributed by atoms with Gasteiger partial charge in [0.15, 0.2) is 5.16 Å². The van der Waals surface area contributed by atoms with Crippen LogP contribution in [0.4, 0.5) is 0 Å². The number of para-hydroxylation sites is 2. The van der Waals surface area contributed by atoms with Crippen molar-refractivity contribution in [2.24, 2.45) is 11.7 Å². The lowest BCUT2D eigenvalue weighted by molar-refractivity contribution is -0.117. The number of carbonyl (C=O) groups is 1. The molecule has 3 N–H and O–H groups in total. The van der Waals surface area contributed by atoms with E-state index in [1.165, 1.54) is 11.8 Å². The Morgan fingerprint density at radius 2 is 1.78 bits per heavy atom. The SMILES string of the molecule is NC1CCC(CC(=O)CSc2nc3c([nH]c4ccccc43)c(=O)n2-c2ccccc2)CC1. The molecular formula is C25H26N4O2S. The number of ketones is 1. The fourth-order valence-electron chi connectivity index (χ4n) is 4.56. The molecule has 164 valence electrons. The monoisotopic (exact) mass is 446 g/mol. The minimum absolute atomic E-state index is 0.159. The number of aromatic amines is 1. The highest BCUT2D eigenvalue weighted by Crippen LogP contribution is 2.29. The average molecular weight is 447 g/mol. The third kappa shape index (κ3) is 4.10. The van der Waals surface area contributed by atoms with Crippen LogP contribution in [0.1, 0.15) is 32.1 Å². The fourth-order valence-corrected chi connectivity index (χ4v) is 5.44. The van der Waals surface area contributed by atoms with E-state index >= 15 is 0 Å². The Balaban J connectivity index is 1.48. The molecule has 0 aliphatic heterocycles. The molecule has 1 aliphatic rings. The summed E-state index contributed by atoms with van der Waals surface area (Å²) in [7, 11) is 0. The maximum absolute atomic E-state index is 13.5. The van der Waals surface area contributed by atoms with Gasteiger partial charge in [-0.1, -0.05) is 48.2 Å². The number of nitrogens with zero attached hydrogens (tertiary/aromatic N) is 2. The lowest BCUT2D eigenvalue weighted by Gasteiger charge is -2.25. The largest absolute Gasteiger partial charge is 0.349 e. The quantitative estimate of drug-likeness (QED) is 0.337. The van der Waals surface area contributed by atoms with Gasteiger partial charge in [-0.15, -0.1) is 0 Å². The number of H-pyrrole nitrogens is 1. The predicted octanol–water partition coefficient (Wildman–Crippen LogP) is 4.44. The number of Topliss-reactive ketones (excluding diaryl/α,β-unsaturated/α-hetero) is 1. The molecule has 1 saturated carbocycles. The van der Waals surface area contributed by atoms with Crippen LogP contribution in [0, 0.1) is 5.92 Å². The zero-order valence-electron chi connectivity index (χ0n) is 17.8. The van der Waals surface area contributed by atoms with E-state index in [1.807, 2.05) is 54.6 Å². The van der Waals surface area contributed by atoms with E-state index in [9.17, 15) is 9.59 Å². The van der Waals surface area contributed by atoms with Crippen LogP contribution in [0.25, 0.3) is 27.6 Å². The molecule has 0 amide bonds. The van der Waals surface area contributed by atoms with Gasteiger partial charge < -0.3 is 10.7 Å². The molecule has 32 heavy (non-hydrogen) atoms. The summed E-state index contributed by atoms with van der Waals surface area (Å²) in [5.74, 6) is 0.919. The van der Waals surface area contributed by atoms with Gasteiger partial charge in [0.1, 0.15) is 16.8 Å². The molecule has 6 nitrogen and oxygen atoms in total. The number of rotatable bonds is 6. The first-order valence-electron chi connectivity index (χ1n) is 11.1. The number of nitrogens with one attached hydrogen (secondary N) is 1. The molecule has 1 aliphatic carbocycles. The van der Waals surface area contributed by atoms with Crippen molar-refractivity contribution in [2.45, 2.75) is 43.3 Å². The van der Waals surface area contributed by atoms with Gasteiger partial charge >= 0.3 is 0 Å². The first kappa shape index (κ1) is 21.0. The normalized spacial score (nSPS) is 18.9. The Morgan fingerprint density at radius 1 is 1.06 bits per heavy atom. The third-order valence-corrected chi connectivity index (χ3v) is 7.28. The second-order valence-corrected chi connectivity index (χ2v) is 9.52. The summed E-state index contributed by atoms with van der Waals surface area (Å²) in [6.45, 7) is 0. The maximum Gasteiger partial charge on any atom is 0.283 e. The van der Waals surface area contributed by atoms with E-state index in [-0.39, 0.29) is 17.4 Å². The van der Waals surface area contributed by atoms with Crippen molar-refractivity contribution in [3.8, 4) is 5.69 Å². The lowest BCUT2D eigenvalue weighted by Crippen LogP contribution is -2.27. The molecule has 1 fully saturated rings. The van der Waals surface area contributed by atoms with E-state index < -0.39 is 0 Å². The van der Waals surface area contributed by atoms with Gasteiger partial charge in [-0.2, -0.15) is 0 Å². The zero-order valence-corrected chi connectivity index (χ0v) is 18.6. The molecule has 0 radical (unpaired) electrons. The highest BCUT2D eigenvalue weighted by atomic mass is 32.2. The van der Waals surface area contributed by atoms with Crippen LogP contribution in [0.15, 0.2) is 64.5 Å². The molecule has 0 atom stereocenters. The van der Waals surface area contributed by atoms with Crippen molar-refractivity contribution in [2.75, 3.05) is 5.75 Å². The smallest absolute Gasteiger partial charge is 0.283 e. The minimum Gasteiger partial charge on any atom is -0.349 e. The van der Waals surface area contributed by atoms with Gasteiger partial charge in [-0.25, -0.2) is 4.98 Å². The number of nitrogens with two attached hydrogens (primary N) is 1. The molecule has 2 aromatic carbocycles. The van der Waals surface area contributed by atoms with Crippen LogP contribution >= 0.6 is 11.8 Å². The highest BCUT2D eigenvalue weighted by Gasteiger charge is 2.22. The molecule has 0 unspecified atom stereocenters. The van der Waals surface area contributed by atoms with Gasteiger partial charge in [-0.3, -0.25) is 14.2 Å². The first-order valence-corrected chi connectivity index (χ1v) is 12.1. The van der Waals surface area contributed by atoms with E-state index in [2.05, 4.69) is 4.98 Å². The number of aromatic nitrogens is 3. The van der Waals surface area contributed by atoms with Gasteiger partial charge in [0.2, 0.25) is 0 Å². The number of benzene rings is 2. The summed E-state index contributed by atoms with van der Waals surface area (Å²) in [6, 6.07) is 17.5. The molecular weight excluding hydrogens is 420 g/mol. The maximum atomic E-state index is 13.5. The summed E-state index contributed by atoms with van der Waals surface area (Å²) in [5, 5.41) is 1.45. The number of carbonyl (C=O) groups excluding carboxylic acids is 1. The lowest BCUT2D eigenvalue weighted by atomic mass is 9.84. The predicted molar refractivity (Wildman–Crippen MR) is 129 cm³/mol. The Hall–Kier alpha value is -2.90. The Kier molecular flexibility index (Phi) is 5.85. The second kappa shape index (κ2) is 8.92. The molecule has 5 rings (SSSR count). The van der Waals surface area contributed by atoms with Crippen LogP contribution in [0.5, 0.6) is 0 Å². The number of thioether (sulfide) groups is 1. The first-order chi connectivity index (χ1) is 15.6. The number of fused-ring (bicyclic) bond motifs is 3. The zero-order chi connectivity index (χ0) is 22.1. The number of hydrogen-bond donors (Lipinski definition) is 2. The second-order valence-electron chi connectivity index (χ2n) is 8.58. The topological polar surface area (TPSA) is 93.8 Å². The molecule has 0 saturated heterocycles. The molecule has 7 heteroatoms. The molecule has 0 spiro atoms. The van der Waals surface area contributed by atoms with Crippen molar-refractivity contribution in [1.82, 2.24) is 14.5 Å². The summed E-state index contributed by atoms with van der Waals surface area (Å²) in [5.41, 5.74) is 8.57. The van der Waals surface area contributed by atoms with Crippen LogP contribution in [0.3, 0.4) is 0 Å². The summed E-state index contributed by atoms with van der Waals surface area (Å²) in [6.07, 6.45) is 4.61. The van der Waals surface area contributed by atoms with Gasteiger partial charge in [0.05, 0.1) is 11.4 Å². The van der Waals surface area contributed by atoms with Crippen molar-refractivity contribution in [1.29, 1.82) is 0 Å². The summed E-state index contributed by atoms with van der Waals surface area (Å²) < 4.78 is 1.61. The average Bonchev–Trinajstić information content (AvgIpc) is 3.19. The van der Waals surface area contributed by atoms with E-state index in [0.717, 1.165) is 42.3 Å². The van der Waals surface area contributed by atoms with Crippen molar-refractivity contribution >= 4 is 39.5 Å². The van der Waals surface area contributed by atoms with Crippen LogP contribution < -0.4 is 11.3 Å². The van der Waals surface area contributed by atoms with Crippen molar-refractivity contribution < 1.29 is 4.79 Å². The van der Waals surface area contributed by atoms with Gasteiger partial charge in [0, 0.05) is 23.4 Å². The molecule has 2 heterocycles. The van der Waals surface area contributed by atoms with Crippen molar-refractivity contribution in [3.63, 3.8) is 0 Å². The number of hydrogen-bond acceptors (Lipinski definition) is 5.